The number of carboxylic acid groups (broad SMARTS) is 1. The van der Waals surface area contributed by atoms with E-state index in [1.807, 2.05) is 21.1 Å². The molecular formula is C53H98NO7+. The molecule has 2 unspecified atom stereocenters. The molecule has 61 heavy (non-hydrogen) atoms. The number of hydrogen-bond donors (Lipinski definition) is 1. The number of carboxylic acids is 1. The molecule has 0 aliphatic heterocycles. The van der Waals surface area contributed by atoms with E-state index in [1.165, 1.54) is 148 Å². The molecular weight excluding hydrogens is 763 g/mol. The van der Waals surface area contributed by atoms with Gasteiger partial charge in [0.15, 0.2) is 12.1 Å². The summed E-state index contributed by atoms with van der Waals surface area (Å²) in [6.07, 6.45) is 52.0. The summed E-state index contributed by atoms with van der Waals surface area (Å²) in [6, 6.07) is -0.615. The lowest BCUT2D eigenvalue weighted by atomic mass is 10.0. The highest BCUT2D eigenvalue weighted by atomic mass is 16.6. The van der Waals surface area contributed by atoms with Crippen LogP contribution in [0, 0.1) is 0 Å². The quantitative estimate of drug-likeness (QED) is 0.0282. The Bertz CT molecular complexity index is 1090. The van der Waals surface area contributed by atoms with Crippen molar-refractivity contribution < 1.29 is 38.2 Å². The van der Waals surface area contributed by atoms with E-state index < -0.39 is 18.1 Å². The van der Waals surface area contributed by atoms with Crippen molar-refractivity contribution in [2.24, 2.45) is 0 Å². The van der Waals surface area contributed by atoms with Crippen molar-refractivity contribution in [3.63, 3.8) is 0 Å². The summed E-state index contributed by atoms with van der Waals surface area (Å²) >= 11 is 0. The Morgan fingerprint density at radius 3 is 1.34 bits per heavy atom. The van der Waals surface area contributed by atoms with E-state index in [0.29, 0.717) is 19.3 Å². The third kappa shape index (κ3) is 42.6. The van der Waals surface area contributed by atoms with Crippen LogP contribution in [0.2, 0.25) is 0 Å². The van der Waals surface area contributed by atoms with Crippen LogP contribution in [0.3, 0.4) is 0 Å². The lowest BCUT2D eigenvalue weighted by Gasteiger charge is -2.31. The highest BCUT2D eigenvalue weighted by Gasteiger charge is 2.31. The number of nitrogens with zero attached hydrogens (tertiary/aromatic N) is 1. The standard InChI is InChI=1S/C53H97NO7/c1-6-8-10-12-14-16-18-20-22-23-24-25-26-27-28-30-32-34-36-38-40-42-44-52(56)61-49(47-59-46-45-50(53(57)58)54(3,4)5)48-60-51(55)43-41-39-37-35-33-31-29-21-19-17-15-13-11-9-7-2/h9,11,13,15,17,19,49-50H,6-8,10,12,14,16,18,20-48H2,1-5H3/p+1/b11-9+,15-13+,19-17+. The average molecular weight is 861 g/mol. The normalized spacial score (nSPS) is 13.1. The summed E-state index contributed by atoms with van der Waals surface area (Å²) < 4.78 is 17.3. The lowest BCUT2D eigenvalue weighted by Crippen LogP contribution is -2.50. The minimum absolute atomic E-state index is 0.0543. The topological polar surface area (TPSA) is 99.1 Å². The Kier molecular flexibility index (Phi) is 42.4. The zero-order valence-electron chi connectivity index (χ0n) is 40.6. The third-order valence-corrected chi connectivity index (χ3v) is 11.6. The van der Waals surface area contributed by atoms with Gasteiger partial charge in [-0.1, -0.05) is 217 Å². The van der Waals surface area contributed by atoms with E-state index in [9.17, 15) is 19.5 Å². The molecule has 0 rings (SSSR count). The zero-order valence-corrected chi connectivity index (χ0v) is 40.6. The van der Waals surface area contributed by atoms with Gasteiger partial charge >= 0.3 is 17.9 Å². The van der Waals surface area contributed by atoms with Gasteiger partial charge in [-0.25, -0.2) is 4.79 Å². The largest absolute Gasteiger partial charge is 0.477 e. The third-order valence-electron chi connectivity index (χ3n) is 11.6. The highest BCUT2D eigenvalue weighted by molar-refractivity contribution is 5.72. The Balaban J connectivity index is 4.20. The maximum Gasteiger partial charge on any atom is 0.362 e. The van der Waals surface area contributed by atoms with Gasteiger partial charge in [0.05, 0.1) is 34.4 Å². The number of ether oxygens (including phenoxy) is 3. The SMILES string of the molecule is CC/C=C/C=C/C=C/CCCCCCCCCC(=O)OCC(COCCC(C(=O)O)[N+](C)(C)C)OC(=O)CCCCCCCCCCCCCCCCCCCCCCCC. The fraction of sp³-hybridized carbons (Fsp3) is 0.830. The van der Waals surface area contributed by atoms with Gasteiger partial charge in [0.1, 0.15) is 6.61 Å². The molecule has 0 saturated carbocycles. The molecule has 0 heterocycles. The highest BCUT2D eigenvalue weighted by Crippen LogP contribution is 2.17. The average Bonchev–Trinajstić information content (AvgIpc) is 3.22. The van der Waals surface area contributed by atoms with E-state index in [-0.39, 0.29) is 36.2 Å². The number of aliphatic carboxylic acids is 1. The summed E-state index contributed by atoms with van der Waals surface area (Å²) in [6.45, 7) is 4.63. The van der Waals surface area contributed by atoms with E-state index in [2.05, 4.69) is 50.3 Å². The van der Waals surface area contributed by atoms with Gasteiger partial charge in [-0.05, 0) is 32.1 Å². The molecule has 356 valence electrons. The van der Waals surface area contributed by atoms with Crippen LogP contribution in [-0.4, -0.2) is 80.6 Å². The molecule has 0 aliphatic rings. The second-order valence-electron chi connectivity index (χ2n) is 18.5. The molecule has 0 aromatic carbocycles. The van der Waals surface area contributed by atoms with Crippen LogP contribution in [0.4, 0.5) is 0 Å². The molecule has 0 amide bonds. The fourth-order valence-electron chi connectivity index (χ4n) is 7.68. The van der Waals surface area contributed by atoms with Crippen LogP contribution >= 0.6 is 0 Å². The Hall–Kier alpha value is -2.45. The van der Waals surface area contributed by atoms with Crippen molar-refractivity contribution >= 4 is 17.9 Å². The van der Waals surface area contributed by atoms with Crippen molar-refractivity contribution in [3.8, 4) is 0 Å². The minimum Gasteiger partial charge on any atom is -0.477 e. The lowest BCUT2D eigenvalue weighted by molar-refractivity contribution is -0.887. The van der Waals surface area contributed by atoms with E-state index >= 15 is 0 Å². The zero-order chi connectivity index (χ0) is 44.9. The molecule has 0 radical (unpaired) electrons. The summed E-state index contributed by atoms with van der Waals surface area (Å²) in [7, 11) is 5.54. The predicted octanol–water partition coefficient (Wildman–Crippen LogP) is 14.6. The Morgan fingerprint density at radius 1 is 0.508 bits per heavy atom. The molecule has 0 bridgehead atoms. The number of unbranched alkanes of at least 4 members (excludes halogenated alkanes) is 28. The maximum atomic E-state index is 12.8. The van der Waals surface area contributed by atoms with Crippen LogP contribution in [0.15, 0.2) is 36.5 Å². The minimum atomic E-state index is -0.875. The van der Waals surface area contributed by atoms with Crippen molar-refractivity contribution in [3.05, 3.63) is 36.5 Å². The van der Waals surface area contributed by atoms with Crippen molar-refractivity contribution in [1.29, 1.82) is 0 Å². The molecule has 0 aromatic heterocycles. The molecule has 1 N–H and O–H groups in total. The predicted molar refractivity (Wildman–Crippen MR) is 257 cm³/mol. The van der Waals surface area contributed by atoms with Crippen LogP contribution in [0.5, 0.6) is 0 Å². The first-order valence-corrected chi connectivity index (χ1v) is 25.6. The maximum absolute atomic E-state index is 12.8. The van der Waals surface area contributed by atoms with Crippen molar-refractivity contribution in [2.75, 3.05) is 41.0 Å². The summed E-state index contributed by atoms with van der Waals surface area (Å²) in [5, 5.41) is 9.65. The van der Waals surface area contributed by atoms with Crippen LogP contribution < -0.4 is 0 Å². The number of likely N-dealkylation sites (N-methyl/N-ethyl adjacent to an activating group) is 1. The summed E-state index contributed by atoms with van der Waals surface area (Å²) in [5.41, 5.74) is 0. The number of esters is 2. The fourth-order valence-corrected chi connectivity index (χ4v) is 7.68. The Labute approximate surface area is 376 Å². The molecule has 0 spiro atoms. The van der Waals surface area contributed by atoms with E-state index in [0.717, 1.165) is 51.4 Å². The number of hydrogen-bond acceptors (Lipinski definition) is 6. The van der Waals surface area contributed by atoms with Crippen molar-refractivity contribution in [2.45, 2.75) is 244 Å². The number of rotatable bonds is 46. The second kappa shape index (κ2) is 44.2. The van der Waals surface area contributed by atoms with Crippen LogP contribution in [0.1, 0.15) is 232 Å². The number of carbonyl (C=O) groups excluding carboxylic acids is 2. The van der Waals surface area contributed by atoms with E-state index in [4.69, 9.17) is 14.2 Å². The molecule has 0 aromatic rings. The first kappa shape index (κ1) is 58.6. The molecule has 2 atom stereocenters. The van der Waals surface area contributed by atoms with Gasteiger partial charge in [-0.3, -0.25) is 9.59 Å². The van der Waals surface area contributed by atoms with Gasteiger partial charge in [0.25, 0.3) is 0 Å². The van der Waals surface area contributed by atoms with Crippen molar-refractivity contribution in [1.82, 2.24) is 0 Å². The van der Waals surface area contributed by atoms with Gasteiger partial charge in [-0.15, -0.1) is 0 Å². The van der Waals surface area contributed by atoms with Gasteiger partial charge < -0.3 is 23.8 Å². The number of quaternary nitrogens is 1. The molecule has 8 nitrogen and oxygen atoms in total. The first-order chi connectivity index (χ1) is 29.6. The first-order valence-electron chi connectivity index (χ1n) is 25.6. The summed E-state index contributed by atoms with van der Waals surface area (Å²) in [4.78, 5) is 37.1. The molecule has 0 aliphatic carbocycles. The van der Waals surface area contributed by atoms with Crippen LogP contribution in [-0.2, 0) is 28.6 Å². The van der Waals surface area contributed by atoms with Crippen LogP contribution in [0.25, 0.3) is 0 Å². The van der Waals surface area contributed by atoms with Gasteiger partial charge in [-0.2, -0.15) is 0 Å². The number of allylic oxidation sites excluding steroid dienone is 6. The van der Waals surface area contributed by atoms with Gasteiger partial charge in [0.2, 0.25) is 0 Å². The smallest absolute Gasteiger partial charge is 0.362 e. The molecule has 0 saturated heterocycles. The Morgan fingerprint density at radius 2 is 0.918 bits per heavy atom. The monoisotopic (exact) mass is 861 g/mol. The van der Waals surface area contributed by atoms with Gasteiger partial charge in [0, 0.05) is 19.3 Å². The number of carbonyl (C=O) groups is 3. The summed E-state index contributed by atoms with van der Waals surface area (Å²) in [5.74, 6) is -1.47. The molecule has 0 fully saturated rings. The second-order valence-corrected chi connectivity index (χ2v) is 18.5. The van der Waals surface area contributed by atoms with E-state index in [1.54, 1.807) is 0 Å². The molecule has 8 heteroatoms.